The van der Waals surface area contributed by atoms with E-state index in [9.17, 15) is 19.2 Å². The van der Waals surface area contributed by atoms with Gasteiger partial charge in [0, 0.05) is 37.5 Å². The number of rotatable bonds is 12. The van der Waals surface area contributed by atoms with Crippen LogP contribution in [0.15, 0.2) is 34.9 Å². The van der Waals surface area contributed by atoms with Crippen molar-refractivity contribution in [1.29, 1.82) is 0 Å². The molecule has 0 bridgehead atoms. The van der Waals surface area contributed by atoms with Crippen molar-refractivity contribution in [3.05, 3.63) is 39.8 Å². The van der Waals surface area contributed by atoms with Gasteiger partial charge in [-0.25, -0.2) is 14.8 Å². The van der Waals surface area contributed by atoms with Gasteiger partial charge < -0.3 is 36.6 Å². The molecule has 0 aromatic carbocycles. The maximum Gasteiger partial charge on any atom is 0.347 e. The SMILES string of the molecule is C[C@H](O/N=C(\C(=O)NC1C(=O)N2C(C=O)=C(C[n+]3ccc4[nH]c(N(C)CCN)nc4c3)CSC12)c1nc(N)sc1Cl)C(=O)O. The Bertz CT molecular complexity index is 1710. The summed E-state index contributed by atoms with van der Waals surface area (Å²) in [5.41, 5.74) is 13.3. The summed E-state index contributed by atoms with van der Waals surface area (Å²) >= 11 is 8.43. The molecule has 2 aliphatic rings. The van der Waals surface area contributed by atoms with Gasteiger partial charge in [0.15, 0.2) is 41.6 Å². The second-order valence-corrected chi connectivity index (χ2v) is 12.6. The first-order valence-corrected chi connectivity index (χ1v) is 15.4. The number of nitrogens with one attached hydrogen (secondary N) is 2. The summed E-state index contributed by atoms with van der Waals surface area (Å²) < 4.78 is 1.90. The number of hydrogen-bond acceptors (Lipinski definition) is 13. The lowest BCUT2D eigenvalue weighted by Gasteiger charge is -2.49. The maximum atomic E-state index is 13.3. The lowest BCUT2D eigenvalue weighted by Crippen LogP contribution is -2.70. The Morgan fingerprint density at radius 2 is 2.23 bits per heavy atom. The quantitative estimate of drug-likeness (QED) is 0.0553. The first kappa shape index (κ1) is 31.2. The Kier molecular flexibility index (Phi) is 9.05. The van der Waals surface area contributed by atoms with Crippen molar-refractivity contribution in [2.45, 2.75) is 31.0 Å². The summed E-state index contributed by atoms with van der Waals surface area (Å²) in [6.07, 6.45) is 2.96. The van der Waals surface area contributed by atoms with Crippen molar-refractivity contribution in [2.75, 3.05) is 36.5 Å². The van der Waals surface area contributed by atoms with Gasteiger partial charge in [-0.05, 0) is 6.92 Å². The molecule has 2 unspecified atom stereocenters. The molecular formula is C25H28ClN10O6S2+. The van der Waals surface area contributed by atoms with E-state index < -0.39 is 41.0 Å². The van der Waals surface area contributed by atoms with Crippen LogP contribution in [0.3, 0.4) is 0 Å². The van der Waals surface area contributed by atoms with E-state index in [0.29, 0.717) is 37.6 Å². The molecule has 1 saturated heterocycles. The van der Waals surface area contributed by atoms with Crippen molar-refractivity contribution in [3.63, 3.8) is 0 Å². The van der Waals surface area contributed by atoms with Crippen molar-refractivity contribution < 1.29 is 33.7 Å². The molecule has 0 saturated carbocycles. The smallest absolute Gasteiger partial charge is 0.347 e. The number of carbonyl (C=O) groups excluding carboxylic acids is 3. The zero-order chi connectivity index (χ0) is 31.7. The predicted molar refractivity (Wildman–Crippen MR) is 163 cm³/mol. The highest BCUT2D eigenvalue weighted by atomic mass is 35.5. The monoisotopic (exact) mass is 663 g/mol. The number of aldehydes is 1. The van der Waals surface area contributed by atoms with E-state index in [1.54, 1.807) is 0 Å². The topological polar surface area (TPSA) is 226 Å². The van der Waals surface area contributed by atoms with Gasteiger partial charge in [-0.1, -0.05) is 28.1 Å². The van der Waals surface area contributed by atoms with E-state index >= 15 is 0 Å². The Morgan fingerprint density at radius 1 is 1.45 bits per heavy atom. The average molecular weight is 664 g/mol. The minimum atomic E-state index is -1.38. The molecule has 232 valence electrons. The lowest BCUT2D eigenvalue weighted by atomic mass is 10.0. The van der Waals surface area contributed by atoms with Crippen LogP contribution in [0, 0.1) is 0 Å². The number of thioether (sulfide) groups is 1. The Morgan fingerprint density at radius 3 is 2.89 bits per heavy atom. The number of allylic oxidation sites excluding steroid dienone is 1. The fraction of sp³-hybridized carbons (Fsp3) is 0.360. The first-order valence-electron chi connectivity index (χ1n) is 13.1. The number of nitrogens with two attached hydrogens (primary N) is 2. The standard InChI is InChI=1S/C25H27ClN10O6S2/c1-11(23(40)41)42-33-17(16-19(26)44-24(28)32-16)20(38)31-18-21(39)36-15(9-37)12(10-43-22(18)36)7-35-5-3-13-14(8-35)30-25(29-13)34(2)6-4-27/h3,5,8-9,11,18,22H,4,6-7,10,27H2,1-2H3,(H4,28,31,32,38,40,41)/p+1/b33-17-/t11-,18?,22?/m0/s1. The summed E-state index contributed by atoms with van der Waals surface area (Å²) in [6.45, 7) is 2.68. The number of likely N-dealkylation sites (N-methyl/N-ethyl adjacent to an activating group) is 1. The third kappa shape index (κ3) is 6.05. The number of halogens is 1. The number of carboxylic acid groups (broad SMARTS) is 1. The number of amides is 2. The van der Waals surface area contributed by atoms with Crippen LogP contribution in [0.25, 0.3) is 11.0 Å². The number of hydrogen-bond donors (Lipinski definition) is 5. The Hall–Kier alpha value is -4.26. The number of fused-ring (bicyclic) bond motifs is 2. The van der Waals surface area contributed by atoms with E-state index in [2.05, 4.69) is 25.4 Å². The van der Waals surface area contributed by atoms with Crippen molar-refractivity contribution in [1.82, 2.24) is 25.2 Å². The number of carbonyl (C=O) groups is 4. The normalized spacial score (nSPS) is 19.0. The van der Waals surface area contributed by atoms with Crippen molar-refractivity contribution >= 4 is 86.6 Å². The molecule has 0 radical (unpaired) electrons. The maximum absolute atomic E-state index is 13.3. The van der Waals surface area contributed by atoms with Gasteiger partial charge in [0.25, 0.3) is 11.8 Å². The second-order valence-electron chi connectivity index (χ2n) is 9.85. The number of aromatic nitrogens is 4. The highest BCUT2D eigenvalue weighted by Crippen LogP contribution is 2.39. The third-order valence-electron chi connectivity index (χ3n) is 6.85. The number of thiazole rings is 1. The number of nitrogen functional groups attached to an aromatic ring is 1. The van der Waals surface area contributed by atoms with Gasteiger partial charge in [0.2, 0.25) is 12.1 Å². The van der Waals surface area contributed by atoms with Gasteiger partial charge in [-0.15, -0.1) is 11.8 Å². The van der Waals surface area contributed by atoms with Crippen LogP contribution >= 0.6 is 34.7 Å². The number of imidazole rings is 1. The number of aliphatic carboxylic acids is 1. The molecule has 0 spiro atoms. The molecule has 0 aliphatic carbocycles. The van der Waals surface area contributed by atoms with Crippen molar-refractivity contribution in [3.8, 4) is 0 Å². The number of nitrogens with zero attached hydrogens (tertiary/aromatic N) is 6. The largest absolute Gasteiger partial charge is 0.478 e. The van der Waals surface area contributed by atoms with Crippen molar-refractivity contribution in [2.24, 2.45) is 10.9 Å². The minimum Gasteiger partial charge on any atom is -0.478 e. The zero-order valence-electron chi connectivity index (χ0n) is 23.4. The molecule has 5 rings (SSSR count). The number of aromatic amines is 1. The molecule has 44 heavy (non-hydrogen) atoms. The van der Waals surface area contributed by atoms with Gasteiger partial charge in [0.05, 0.1) is 11.2 Å². The molecule has 19 heteroatoms. The highest BCUT2D eigenvalue weighted by Gasteiger charge is 2.53. The van der Waals surface area contributed by atoms with Gasteiger partial charge in [-0.3, -0.25) is 19.3 Å². The van der Waals surface area contributed by atoms with E-state index in [1.807, 2.05) is 35.0 Å². The van der Waals surface area contributed by atoms with Gasteiger partial charge in [0.1, 0.15) is 21.4 Å². The third-order valence-corrected chi connectivity index (χ3v) is 9.28. The zero-order valence-corrected chi connectivity index (χ0v) is 25.8. The van der Waals surface area contributed by atoms with Crippen LogP contribution < -0.4 is 26.3 Å². The molecule has 3 aromatic heterocycles. The van der Waals surface area contributed by atoms with E-state index in [4.69, 9.17) is 33.0 Å². The number of β-lactam (4-membered cyclic amide) rings is 1. The molecule has 7 N–H and O–H groups in total. The fourth-order valence-corrected chi connectivity index (χ4v) is 6.83. The van der Waals surface area contributed by atoms with Gasteiger partial charge in [-0.2, -0.15) is 4.57 Å². The van der Waals surface area contributed by atoms with E-state index in [-0.39, 0.29) is 20.9 Å². The summed E-state index contributed by atoms with van der Waals surface area (Å²) in [6, 6.07) is 0.878. The minimum absolute atomic E-state index is 0.0247. The lowest BCUT2D eigenvalue weighted by molar-refractivity contribution is -0.687. The molecule has 3 atom stereocenters. The molecule has 16 nitrogen and oxygen atoms in total. The molecule has 1 fully saturated rings. The Balaban J connectivity index is 1.32. The Labute approximate surface area is 263 Å². The fourth-order valence-electron chi connectivity index (χ4n) is 4.54. The molecular weight excluding hydrogens is 636 g/mol. The highest BCUT2D eigenvalue weighted by molar-refractivity contribution is 8.00. The molecule has 2 aliphatic heterocycles. The number of oxime groups is 1. The van der Waals surface area contributed by atoms with E-state index in [1.165, 1.54) is 23.6 Å². The van der Waals surface area contributed by atoms with Crippen LogP contribution in [-0.2, 0) is 30.6 Å². The van der Waals surface area contributed by atoms with Crippen LogP contribution in [0.4, 0.5) is 11.1 Å². The van der Waals surface area contributed by atoms with Crippen LogP contribution in [0.2, 0.25) is 4.34 Å². The van der Waals surface area contributed by atoms with Crippen LogP contribution in [0.5, 0.6) is 0 Å². The number of H-pyrrole nitrogens is 1. The van der Waals surface area contributed by atoms with Gasteiger partial charge >= 0.3 is 5.97 Å². The molecule has 5 heterocycles. The average Bonchev–Trinajstić information content (AvgIpc) is 3.57. The van der Waals surface area contributed by atoms with Crippen LogP contribution in [0.1, 0.15) is 12.6 Å². The second kappa shape index (κ2) is 12.8. The number of anilines is 2. The molecule has 2 amide bonds. The summed E-state index contributed by atoms with van der Waals surface area (Å²) in [5, 5.41) is 14.9. The van der Waals surface area contributed by atoms with E-state index in [0.717, 1.165) is 27.9 Å². The van der Waals surface area contributed by atoms with Crippen LogP contribution in [-0.4, -0.2) is 98.1 Å². The summed E-state index contributed by atoms with van der Waals surface area (Å²) in [7, 11) is 1.89. The first-order chi connectivity index (χ1) is 21.0. The molecule has 3 aromatic rings. The summed E-state index contributed by atoms with van der Waals surface area (Å²) in [4.78, 5) is 70.0. The summed E-state index contributed by atoms with van der Waals surface area (Å²) in [5.74, 6) is -1.59. The predicted octanol–water partition coefficient (Wildman–Crippen LogP) is -0.316. The number of carboxylic acids is 1. The number of pyridine rings is 1.